The van der Waals surface area contributed by atoms with Crippen molar-refractivity contribution in [1.29, 1.82) is 0 Å². The van der Waals surface area contributed by atoms with Crippen molar-refractivity contribution in [3.05, 3.63) is 70.0 Å². The van der Waals surface area contributed by atoms with Gasteiger partial charge < -0.3 is 41.1 Å². The molecule has 12 nitrogen and oxygen atoms in total. The van der Waals surface area contributed by atoms with Gasteiger partial charge in [-0.3, -0.25) is 14.4 Å². The predicted octanol–water partition coefficient (Wildman–Crippen LogP) is 1.78. The number of aliphatic hydroxyl groups is 3. The maximum Gasteiger partial charge on any atom is 0.412 e. The number of phenols is 1. The van der Waals surface area contributed by atoms with Gasteiger partial charge in [-0.15, -0.1) is 0 Å². The van der Waals surface area contributed by atoms with Crippen LogP contribution in [0.1, 0.15) is 29.5 Å². The Bertz CT molecular complexity index is 1560. The number of aromatic hydroxyl groups is 1. The number of nitrogens with one attached hydrogen (secondary N) is 1. The molecule has 0 bridgehead atoms. The van der Waals surface area contributed by atoms with Crippen LogP contribution >= 0.6 is 0 Å². The standard InChI is InChI=1S/C29H29N3O9/c1-32(2)18-10-14(12-31-28(39)41-16-6-4-3-5-7-16)23(34)21-17(18)9-13-8-15-11-19(33)22(27(30)38)26(37)29(15,40)25(36)20(13)24(21)35/h3-7,10,13,15,34-35,37,40H,8-9,11-12H2,1-2H3,(H2,30,38)(H,31,39)/t13?,15-,29-/m0/s1. The molecule has 5 rings (SSSR count). The van der Waals surface area contributed by atoms with Crippen molar-refractivity contribution in [1.82, 2.24) is 5.32 Å². The third-order valence-corrected chi connectivity index (χ3v) is 7.98. The van der Waals surface area contributed by atoms with E-state index in [9.17, 15) is 39.6 Å². The molecule has 41 heavy (non-hydrogen) atoms. The molecule has 2 aromatic rings. The summed E-state index contributed by atoms with van der Waals surface area (Å²) in [5, 5.41) is 47.4. The largest absolute Gasteiger partial charge is 0.508 e. The molecular weight excluding hydrogens is 534 g/mol. The van der Waals surface area contributed by atoms with Gasteiger partial charge in [-0.2, -0.15) is 0 Å². The quantitative estimate of drug-likeness (QED) is 0.291. The van der Waals surface area contributed by atoms with E-state index in [4.69, 9.17) is 10.5 Å². The highest BCUT2D eigenvalue weighted by Gasteiger charge is 2.60. The fourth-order valence-electron chi connectivity index (χ4n) is 6.06. The van der Waals surface area contributed by atoms with Gasteiger partial charge in [-0.05, 0) is 42.5 Å². The van der Waals surface area contributed by atoms with Crippen molar-refractivity contribution in [2.45, 2.75) is 31.4 Å². The smallest absolute Gasteiger partial charge is 0.412 e. The van der Waals surface area contributed by atoms with Crippen molar-refractivity contribution in [3.63, 3.8) is 0 Å². The van der Waals surface area contributed by atoms with Gasteiger partial charge in [-0.1, -0.05) is 18.2 Å². The van der Waals surface area contributed by atoms with E-state index in [1.54, 1.807) is 55.4 Å². The number of carbonyl (C=O) groups is 4. The molecule has 0 spiro atoms. The molecule has 2 aromatic carbocycles. The number of hydrogen-bond acceptors (Lipinski definition) is 10. The highest BCUT2D eigenvalue weighted by atomic mass is 16.6. The van der Waals surface area contributed by atoms with Crippen LogP contribution in [0.3, 0.4) is 0 Å². The zero-order chi connectivity index (χ0) is 29.8. The zero-order valence-corrected chi connectivity index (χ0v) is 22.3. The number of primary amides is 1. The van der Waals surface area contributed by atoms with E-state index >= 15 is 0 Å². The van der Waals surface area contributed by atoms with Gasteiger partial charge in [0, 0.05) is 49.8 Å². The minimum absolute atomic E-state index is 0.0329. The minimum Gasteiger partial charge on any atom is -0.508 e. The van der Waals surface area contributed by atoms with Gasteiger partial charge in [-0.25, -0.2) is 4.79 Å². The van der Waals surface area contributed by atoms with Crippen LogP contribution in [0.2, 0.25) is 0 Å². The van der Waals surface area contributed by atoms with Crippen LogP contribution in [0.25, 0.3) is 5.76 Å². The number of benzene rings is 2. The maximum absolute atomic E-state index is 13.7. The minimum atomic E-state index is -2.64. The van der Waals surface area contributed by atoms with E-state index in [-0.39, 0.29) is 36.1 Å². The molecule has 3 aliphatic carbocycles. The van der Waals surface area contributed by atoms with Crippen LogP contribution in [0, 0.1) is 11.8 Å². The fraction of sp³-hybridized carbons (Fsp3) is 0.310. The SMILES string of the molecule is CN(C)c1cc(CNC(=O)Oc2ccccc2)c(O)c2c1CC1C[C@H]3CC(=O)C(C(N)=O)=C(O)[C@@]3(O)C(=O)C1=C2O. The average molecular weight is 564 g/mol. The van der Waals surface area contributed by atoms with Crippen LogP contribution in [0.15, 0.2) is 53.3 Å². The van der Waals surface area contributed by atoms with Gasteiger partial charge >= 0.3 is 6.09 Å². The van der Waals surface area contributed by atoms with E-state index in [1.807, 2.05) is 0 Å². The average Bonchev–Trinajstić information content (AvgIpc) is 2.90. The van der Waals surface area contributed by atoms with E-state index in [0.29, 0.717) is 17.0 Å². The predicted molar refractivity (Wildman–Crippen MR) is 145 cm³/mol. The number of hydrogen-bond donors (Lipinski definition) is 6. The van der Waals surface area contributed by atoms with Crippen LogP contribution in [0.5, 0.6) is 11.5 Å². The molecule has 7 N–H and O–H groups in total. The number of Topliss-reactive ketones (excluding diaryl/α,β-unsaturated/α-hetero) is 2. The highest BCUT2D eigenvalue weighted by molar-refractivity contribution is 6.22. The summed E-state index contributed by atoms with van der Waals surface area (Å²) in [5.41, 5.74) is 2.78. The van der Waals surface area contributed by atoms with Crippen LogP contribution in [0.4, 0.5) is 10.5 Å². The summed E-state index contributed by atoms with van der Waals surface area (Å²) in [7, 11) is 3.51. The topological polar surface area (TPSA) is 200 Å². The lowest BCUT2D eigenvalue weighted by atomic mass is 9.59. The van der Waals surface area contributed by atoms with E-state index in [1.165, 1.54) is 0 Å². The molecule has 0 aliphatic heterocycles. The molecule has 2 amide bonds. The molecule has 214 valence electrons. The number of phenolic OH excluding ortho intramolecular Hbond substituents is 1. The van der Waals surface area contributed by atoms with Crippen molar-refractivity contribution >= 4 is 35.0 Å². The molecule has 1 saturated carbocycles. The molecule has 1 unspecified atom stereocenters. The molecule has 3 atom stereocenters. The number of fused-ring (bicyclic) bond motifs is 3. The number of para-hydroxylation sites is 1. The Morgan fingerprint density at radius 3 is 2.44 bits per heavy atom. The lowest BCUT2D eigenvalue weighted by Crippen LogP contribution is -2.58. The van der Waals surface area contributed by atoms with E-state index < -0.39 is 70.3 Å². The number of ether oxygens (including phenoxy) is 1. The summed E-state index contributed by atoms with van der Waals surface area (Å²) in [6, 6.07) is 10.0. The Hall–Kier alpha value is -4.84. The number of ketones is 2. The molecule has 12 heteroatoms. The molecular formula is C29H29N3O9. The number of rotatable bonds is 5. The van der Waals surface area contributed by atoms with Crippen LogP contribution < -0.4 is 20.7 Å². The first-order chi connectivity index (χ1) is 19.4. The van der Waals surface area contributed by atoms with Crippen molar-refractivity contribution < 1.29 is 44.3 Å². The molecule has 1 fully saturated rings. The van der Waals surface area contributed by atoms with Gasteiger partial charge in [0.1, 0.15) is 28.6 Å². The van der Waals surface area contributed by atoms with Crippen molar-refractivity contribution in [3.8, 4) is 11.5 Å². The number of amides is 2. The van der Waals surface area contributed by atoms with Crippen LogP contribution in [-0.4, -0.2) is 63.7 Å². The Kier molecular flexibility index (Phi) is 6.74. The normalized spacial score (nSPS) is 23.4. The Labute approximate surface area is 234 Å². The third kappa shape index (κ3) is 4.36. The molecule has 0 saturated heterocycles. The molecule has 3 aliphatic rings. The Morgan fingerprint density at radius 2 is 1.80 bits per heavy atom. The number of nitrogens with two attached hydrogens (primary N) is 1. The number of aliphatic hydroxyl groups excluding tert-OH is 2. The lowest BCUT2D eigenvalue weighted by Gasteiger charge is -2.46. The zero-order valence-electron chi connectivity index (χ0n) is 22.3. The summed E-state index contributed by atoms with van der Waals surface area (Å²) in [6.07, 6.45) is -0.973. The van der Waals surface area contributed by atoms with Gasteiger partial charge in [0.15, 0.2) is 11.4 Å². The van der Waals surface area contributed by atoms with Gasteiger partial charge in [0.25, 0.3) is 5.91 Å². The third-order valence-electron chi connectivity index (χ3n) is 7.98. The summed E-state index contributed by atoms with van der Waals surface area (Å²) >= 11 is 0. The summed E-state index contributed by atoms with van der Waals surface area (Å²) in [4.78, 5) is 52.2. The summed E-state index contributed by atoms with van der Waals surface area (Å²) in [6.45, 7) is -0.189. The number of nitrogens with zero attached hydrogens (tertiary/aromatic N) is 1. The first-order valence-electron chi connectivity index (χ1n) is 12.9. The second-order valence-electron chi connectivity index (χ2n) is 10.6. The van der Waals surface area contributed by atoms with E-state index in [2.05, 4.69) is 5.32 Å². The molecule has 0 heterocycles. The Balaban J connectivity index is 1.56. The highest BCUT2D eigenvalue weighted by Crippen LogP contribution is 2.53. The summed E-state index contributed by atoms with van der Waals surface area (Å²) < 4.78 is 5.22. The number of carbonyl (C=O) groups excluding carboxylic acids is 4. The summed E-state index contributed by atoms with van der Waals surface area (Å²) in [5.74, 6) is -6.66. The monoisotopic (exact) mass is 563 g/mol. The first kappa shape index (κ1) is 27.7. The second kappa shape index (κ2) is 9.97. The number of anilines is 1. The van der Waals surface area contributed by atoms with Crippen molar-refractivity contribution in [2.75, 3.05) is 19.0 Å². The Morgan fingerprint density at radius 1 is 1.12 bits per heavy atom. The molecule has 0 aromatic heterocycles. The fourth-order valence-corrected chi connectivity index (χ4v) is 6.06. The first-order valence-corrected chi connectivity index (χ1v) is 12.9. The van der Waals surface area contributed by atoms with Crippen molar-refractivity contribution in [2.24, 2.45) is 17.6 Å². The molecule has 0 radical (unpaired) electrons. The second-order valence-corrected chi connectivity index (χ2v) is 10.6. The maximum atomic E-state index is 13.7. The lowest BCUT2D eigenvalue weighted by molar-refractivity contribution is -0.147. The van der Waals surface area contributed by atoms with Gasteiger partial charge in [0.05, 0.1) is 5.56 Å². The van der Waals surface area contributed by atoms with Gasteiger partial charge in [0.2, 0.25) is 5.78 Å². The van der Waals surface area contributed by atoms with Crippen LogP contribution in [-0.2, 0) is 27.3 Å². The van der Waals surface area contributed by atoms with E-state index in [0.717, 1.165) is 0 Å².